The maximum atomic E-state index is 12.8. The van der Waals surface area contributed by atoms with Crippen LogP contribution in [0.15, 0.2) is 24.5 Å². The molecule has 1 amide bonds. The third-order valence-corrected chi connectivity index (χ3v) is 7.10. The molecule has 0 unspecified atom stereocenters. The maximum absolute atomic E-state index is 12.8. The first-order valence-corrected chi connectivity index (χ1v) is 9.12. The first-order chi connectivity index (χ1) is 10.5. The highest BCUT2D eigenvalue weighted by Gasteiger charge is 2.46. The van der Waals surface area contributed by atoms with Gasteiger partial charge in [-0.1, -0.05) is 0 Å². The number of sulfonamides is 1. The molecule has 2 atom stereocenters. The Hall–Kier alpha value is -1.47. The molecule has 6 nitrogen and oxygen atoms in total. The summed E-state index contributed by atoms with van der Waals surface area (Å²) >= 11 is 0. The van der Waals surface area contributed by atoms with E-state index in [9.17, 15) is 13.2 Å². The maximum Gasteiger partial charge on any atom is 0.219 e. The van der Waals surface area contributed by atoms with Crippen LogP contribution in [0.5, 0.6) is 0 Å². The van der Waals surface area contributed by atoms with Gasteiger partial charge in [0.15, 0.2) is 0 Å². The number of likely N-dealkylation sites (tertiary alicyclic amines) is 1. The normalized spacial score (nSPS) is 28.1. The monoisotopic (exact) mass is 323 g/mol. The van der Waals surface area contributed by atoms with E-state index in [2.05, 4.69) is 4.98 Å². The summed E-state index contributed by atoms with van der Waals surface area (Å²) in [6.07, 6.45) is 4.66. The van der Waals surface area contributed by atoms with Gasteiger partial charge in [-0.3, -0.25) is 9.78 Å². The summed E-state index contributed by atoms with van der Waals surface area (Å²) in [6, 6.07) is 3.70. The van der Waals surface area contributed by atoms with Gasteiger partial charge in [-0.15, -0.1) is 0 Å². The highest BCUT2D eigenvalue weighted by Crippen LogP contribution is 2.35. The van der Waals surface area contributed by atoms with Crippen molar-refractivity contribution < 1.29 is 13.2 Å². The van der Waals surface area contributed by atoms with Crippen molar-refractivity contribution in [3.63, 3.8) is 0 Å². The number of nitrogens with zero attached hydrogens (tertiary/aromatic N) is 3. The van der Waals surface area contributed by atoms with Gasteiger partial charge in [0.05, 0.1) is 5.25 Å². The van der Waals surface area contributed by atoms with Gasteiger partial charge in [0, 0.05) is 45.5 Å². The molecule has 22 heavy (non-hydrogen) atoms. The minimum Gasteiger partial charge on any atom is -0.343 e. The van der Waals surface area contributed by atoms with E-state index in [1.54, 1.807) is 28.5 Å². The van der Waals surface area contributed by atoms with Crippen LogP contribution in [0.3, 0.4) is 0 Å². The molecule has 2 aliphatic heterocycles. The molecule has 2 fully saturated rings. The summed E-state index contributed by atoms with van der Waals surface area (Å²) in [5.41, 5.74) is 0.959. The number of carbonyl (C=O) groups excluding carboxylic acids is 1. The fourth-order valence-electron chi connectivity index (χ4n) is 3.46. The summed E-state index contributed by atoms with van der Waals surface area (Å²) < 4.78 is 27.1. The van der Waals surface area contributed by atoms with Gasteiger partial charge in [-0.25, -0.2) is 8.42 Å². The third-order valence-electron chi connectivity index (χ3n) is 4.71. The number of hydrogen-bond acceptors (Lipinski definition) is 4. The molecule has 0 radical (unpaired) electrons. The highest BCUT2D eigenvalue weighted by molar-refractivity contribution is 7.90. The first kappa shape index (κ1) is 15.4. The number of fused-ring (bicyclic) bond motifs is 1. The van der Waals surface area contributed by atoms with Gasteiger partial charge >= 0.3 is 0 Å². The van der Waals surface area contributed by atoms with Gasteiger partial charge in [-0.05, 0) is 36.5 Å². The largest absolute Gasteiger partial charge is 0.343 e. The van der Waals surface area contributed by atoms with Crippen LogP contribution in [0.4, 0.5) is 0 Å². The fraction of sp³-hybridized carbons (Fsp3) is 0.600. The molecule has 1 aromatic heterocycles. The van der Waals surface area contributed by atoms with E-state index in [0.717, 1.165) is 12.0 Å². The van der Waals surface area contributed by atoms with Crippen LogP contribution in [-0.2, 0) is 21.4 Å². The van der Waals surface area contributed by atoms with E-state index >= 15 is 0 Å². The number of amides is 1. The Kier molecular flexibility index (Phi) is 4.18. The molecule has 0 saturated carbocycles. The van der Waals surface area contributed by atoms with E-state index in [0.29, 0.717) is 32.6 Å². The van der Waals surface area contributed by atoms with Crippen LogP contribution in [0.1, 0.15) is 25.3 Å². The van der Waals surface area contributed by atoms with Crippen molar-refractivity contribution in [2.45, 2.75) is 31.6 Å². The lowest BCUT2D eigenvalue weighted by Gasteiger charge is -2.20. The van der Waals surface area contributed by atoms with Crippen LogP contribution in [0.2, 0.25) is 0 Å². The molecule has 1 aromatic rings. The van der Waals surface area contributed by atoms with Crippen molar-refractivity contribution in [3.8, 4) is 0 Å². The zero-order chi connectivity index (χ0) is 15.7. The number of aromatic nitrogens is 1. The molecular weight excluding hydrogens is 302 g/mol. The van der Waals surface area contributed by atoms with Crippen LogP contribution < -0.4 is 0 Å². The summed E-state index contributed by atoms with van der Waals surface area (Å²) in [4.78, 5) is 17.2. The predicted molar refractivity (Wildman–Crippen MR) is 82.3 cm³/mol. The lowest BCUT2D eigenvalue weighted by atomic mass is 10.0. The Bertz CT molecular complexity index is 647. The second-order valence-electron chi connectivity index (χ2n) is 6.07. The Labute approximate surface area is 131 Å². The molecule has 3 rings (SSSR count). The number of pyridine rings is 1. The minimum absolute atomic E-state index is 0.0333. The van der Waals surface area contributed by atoms with Gasteiger partial charge in [0.2, 0.25) is 15.9 Å². The SMILES string of the molecule is CC(=O)N1CC[C@@H]2CN(Cc3ccncc3)S(=O)(=O)[C@@H]2CC1. The second-order valence-corrected chi connectivity index (χ2v) is 8.23. The number of rotatable bonds is 2. The van der Waals surface area contributed by atoms with Crippen LogP contribution in [0.25, 0.3) is 0 Å². The van der Waals surface area contributed by atoms with E-state index < -0.39 is 10.0 Å². The second kappa shape index (κ2) is 5.96. The molecular formula is C15H21N3O3S. The van der Waals surface area contributed by atoms with Gasteiger partial charge in [0.1, 0.15) is 0 Å². The minimum atomic E-state index is -3.28. The standard InChI is InChI=1S/C15H21N3O3S/c1-12(19)17-8-4-14-11-18(10-13-2-6-16-7-3-13)22(20,21)15(14)5-9-17/h2-3,6-7,14-15H,4-5,8-11H2,1H3/t14-,15-/m1/s1. The summed E-state index contributed by atoms with van der Waals surface area (Å²) in [7, 11) is -3.28. The molecule has 2 saturated heterocycles. The Morgan fingerprint density at radius 1 is 1.27 bits per heavy atom. The topological polar surface area (TPSA) is 70.6 Å². The molecule has 0 aliphatic carbocycles. The first-order valence-electron chi connectivity index (χ1n) is 7.62. The van der Waals surface area contributed by atoms with Crippen molar-refractivity contribution in [1.29, 1.82) is 0 Å². The van der Waals surface area contributed by atoms with Crippen LogP contribution in [-0.4, -0.2) is 53.4 Å². The number of hydrogen-bond donors (Lipinski definition) is 0. The molecule has 7 heteroatoms. The van der Waals surface area contributed by atoms with Crippen molar-refractivity contribution >= 4 is 15.9 Å². The summed E-state index contributed by atoms with van der Waals surface area (Å²) in [5.74, 6) is 0.155. The van der Waals surface area contributed by atoms with Crippen molar-refractivity contribution in [3.05, 3.63) is 30.1 Å². The highest BCUT2D eigenvalue weighted by atomic mass is 32.2. The quantitative estimate of drug-likeness (QED) is 0.809. The Morgan fingerprint density at radius 3 is 2.64 bits per heavy atom. The average molecular weight is 323 g/mol. The Morgan fingerprint density at radius 2 is 1.95 bits per heavy atom. The van der Waals surface area contributed by atoms with Gasteiger partial charge in [0.25, 0.3) is 0 Å². The molecule has 0 N–H and O–H groups in total. The number of carbonyl (C=O) groups is 1. The molecule has 120 valence electrons. The van der Waals surface area contributed by atoms with Gasteiger partial charge < -0.3 is 4.90 Å². The van der Waals surface area contributed by atoms with E-state index in [1.165, 1.54) is 0 Å². The summed E-state index contributed by atoms with van der Waals surface area (Å²) in [5, 5.41) is -0.348. The zero-order valence-electron chi connectivity index (χ0n) is 12.7. The van der Waals surface area contributed by atoms with Crippen LogP contribution in [0, 0.1) is 5.92 Å². The van der Waals surface area contributed by atoms with Crippen molar-refractivity contribution in [2.24, 2.45) is 5.92 Å². The molecule has 0 aromatic carbocycles. The molecule has 0 spiro atoms. The molecule has 0 bridgehead atoms. The van der Waals surface area contributed by atoms with Crippen LogP contribution >= 0.6 is 0 Å². The van der Waals surface area contributed by atoms with Crippen molar-refractivity contribution in [1.82, 2.24) is 14.2 Å². The van der Waals surface area contributed by atoms with E-state index in [1.807, 2.05) is 12.1 Å². The smallest absolute Gasteiger partial charge is 0.219 e. The lowest BCUT2D eigenvalue weighted by molar-refractivity contribution is -0.128. The van der Waals surface area contributed by atoms with Crippen molar-refractivity contribution in [2.75, 3.05) is 19.6 Å². The molecule has 2 aliphatic rings. The predicted octanol–water partition coefficient (Wildman–Crippen LogP) is 0.854. The molecule has 3 heterocycles. The zero-order valence-corrected chi connectivity index (χ0v) is 13.5. The lowest BCUT2D eigenvalue weighted by Crippen LogP contribution is -2.33. The van der Waals surface area contributed by atoms with E-state index in [-0.39, 0.29) is 17.1 Å². The average Bonchev–Trinajstić information content (AvgIpc) is 2.65. The van der Waals surface area contributed by atoms with Gasteiger partial charge in [-0.2, -0.15) is 4.31 Å². The summed E-state index contributed by atoms with van der Waals surface area (Å²) in [6.45, 7) is 3.72. The Balaban J connectivity index is 1.75. The third kappa shape index (κ3) is 2.87. The fourth-order valence-corrected chi connectivity index (χ4v) is 5.68. The van der Waals surface area contributed by atoms with E-state index in [4.69, 9.17) is 0 Å².